The monoisotopic (exact) mass is 403 g/mol. The van der Waals surface area contributed by atoms with Crippen molar-refractivity contribution in [2.75, 3.05) is 66.6 Å². The summed E-state index contributed by atoms with van der Waals surface area (Å²) in [6.07, 6.45) is 0.918. The Labute approximate surface area is 175 Å². The quantitative estimate of drug-likeness (QED) is 0.385. The summed E-state index contributed by atoms with van der Waals surface area (Å²) in [6.45, 7) is 11.3. The number of guanidine groups is 1. The number of benzene rings is 1. The molecule has 0 aromatic heterocycles. The van der Waals surface area contributed by atoms with Crippen LogP contribution in [-0.2, 0) is 16.1 Å². The molecule has 0 atom stereocenters. The van der Waals surface area contributed by atoms with E-state index in [1.54, 1.807) is 19.0 Å². The average Bonchev–Trinajstić information content (AvgIpc) is 2.70. The van der Waals surface area contributed by atoms with Gasteiger partial charge in [0, 0.05) is 66.6 Å². The fourth-order valence-corrected chi connectivity index (χ4v) is 3.26. The molecule has 1 aliphatic heterocycles. The van der Waals surface area contributed by atoms with Gasteiger partial charge in [0.25, 0.3) is 0 Å². The Hall–Kier alpha value is -2.12. The van der Waals surface area contributed by atoms with Crippen LogP contribution in [0.3, 0.4) is 0 Å². The second-order valence-electron chi connectivity index (χ2n) is 7.66. The largest absolute Gasteiger partial charge is 0.382 e. The molecular weight excluding hydrogens is 366 g/mol. The van der Waals surface area contributed by atoms with Gasteiger partial charge in [-0.3, -0.25) is 9.69 Å². The standard InChI is InChI=1S/C22H37N5O2/c1-5-29-15-7-10-23-22(24-17-21(28)25(3)4)27-13-11-26(12-14-27)18-20-9-6-8-19(2)16-20/h6,8-9,16H,5,7,10-15,17-18H2,1-4H3,(H,23,24). The van der Waals surface area contributed by atoms with Gasteiger partial charge in [-0.05, 0) is 25.8 Å². The summed E-state index contributed by atoms with van der Waals surface area (Å²) >= 11 is 0. The third-order valence-corrected chi connectivity index (χ3v) is 4.98. The zero-order chi connectivity index (χ0) is 21.1. The van der Waals surface area contributed by atoms with Crippen LogP contribution in [0.1, 0.15) is 24.5 Å². The number of hydrogen-bond acceptors (Lipinski definition) is 4. The van der Waals surface area contributed by atoms with E-state index in [1.807, 2.05) is 6.92 Å². The molecule has 0 spiro atoms. The molecule has 0 radical (unpaired) electrons. The van der Waals surface area contributed by atoms with E-state index in [9.17, 15) is 4.79 Å². The van der Waals surface area contributed by atoms with Gasteiger partial charge >= 0.3 is 0 Å². The van der Waals surface area contributed by atoms with Crippen molar-refractivity contribution in [2.24, 2.45) is 4.99 Å². The lowest BCUT2D eigenvalue weighted by Crippen LogP contribution is -2.52. The number of nitrogens with zero attached hydrogens (tertiary/aromatic N) is 4. The molecule has 1 saturated heterocycles. The number of aliphatic imine (C=N–C) groups is 1. The van der Waals surface area contributed by atoms with Crippen LogP contribution < -0.4 is 5.32 Å². The molecule has 7 nitrogen and oxygen atoms in total. The number of nitrogens with one attached hydrogen (secondary N) is 1. The van der Waals surface area contributed by atoms with Crippen molar-refractivity contribution in [3.8, 4) is 0 Å². The highest BCUT2D eigenvalue weighted by atomic mass is 16.5. The van der Waals surface area contributed by atoms with Crippen molar-refractivity contribution in [2.45, 2.75) is 26.8 Å². The summed E-state index contributed by atoms with van der Waals surface area (Å²) in [6, 6.07) is 8.71. The number of carbonyl (C=O) groups is 1. The first-order valence-corrected chi connectivity index (χ1v) is 10.6. The van der Waals surface area contributed by atoms with Crippen LogP contribution in [0.2, 0.25) is 0 Å². The lowest BCUT2D eigenvalue weighted by atomic mass is 10.1. The number of hydrogen-bond donors (Lipinski definition) is 1. The number of rotatable bonds is 9. The van der Waals surface area contributed by atoms with Crippen LogP contribution in [-0.4, -0.2) is 93.1 Å². The summed E-state index contributed by atoms with van der Waals surface area (Å²) in [7, 11) is 3.52. The Kier molecular flexibility index (Phi) is 9.94. The van der Waals surface area contributed by atoms with Crippen LogP contribution >= 0.6 is 0 Å². The fraction of sp³-hybridized carbons (Fsp3) is 0.636. The van der Waals surface area contributed by atoms with Crippen molar-refractivity contribution in [1.82, 2.24) is 20.0 Å². The Morgan fingerprint density at radius 3 is 2.66 bits per heavy atom. The van der Waals surface area contributed by atoms with Crippen molar-refractivity contribution >= 4 is 11.9 Å². The molecule has 29 heavy (non-hydrogen) atoms. The van der Waals surface area contributed by atoms with Gasteiger partial charge in [-0.2, -0.15) is 0 Å². The van der Waals surface area contributed by atoms with Crippen LogP contribution in [0, 0.1) is 6.92 Å². The van der Waals surface area contributed by atoms with Crippen molar-refractivity contribution in [1.29, 1.82) is 0 Å². The van der Waals surface area contributed by atoms with E-state index in [-0.39, 0.29) is 12.5 Å². The summed E-state index contributed by atoms with van der Waals surface area (Å²) in [5.74, 6) is 0.837. The Bertz CT molecular complexity index is 654. The van der Waals surface area contributed by atoms with Gasteiger partial charge in [0.05, 0.1) is 0 Å². The maximum Gasteiger partial charge on any atom is 0.243 e. The molecule has 162 valence electrons. The Morgan fingerprint density at radius 1 is 1.24 bits per heavy atom. The molecule has 0 unspecified atom stereocenters. The molecular formula is C22H37N5O2. The van der Waals surface area contributed by atoms with E-state index in [1.165, 1.54) is 11.1 Å². The van der Waals surface area contributed by atoms with Gasteiger partial charge < -0.3 is 19.9 Å². The molecule has 1 fully saturated rings. The van der Waals surface area contributed by atoms with Crippen LogP contribution in [0.15, 0.2) is 29.3 Å². The maximum absolute atomic E-state index is 12.0. The molecule has 1 N–H and O–H groups in total. The highest BCUT2D eigenvalue weighted by Crippen LogP contribution is 2.10. The van der Waals surface area contributed by atoms with E-state index >= 15 is 0 Å². The van der Waals surface area contributed by atoms with E-state index in [4.69, 9.17) is 4.74 Å². The minimum Gasteiger partial charge on any atom is -0.382 e. The van der Waals surface area contributed by atoms with Gasteiger partial charge in [-0.1, -0.05) is 29.8 Å². The molecule has 1 amide bonds. The van der Waals surface area contributed by atoms with E-state index in [0.717, 1.165) is 64.9 Å². The lowest BCUT2D eigenvalue weighted by Gasteiger charge is -2.36. The first-order chi connectivity index (χ1) is 14.0. The predicted octanol–water partition coefficient (Wildman–Crippen LogP) is 1.57. The average molecular weight is 404 g/mol. The van der Waals surface area contributed by atoms with Gasteiger partial charge in [0.15, 0.2) is 5.96 Å². The Morgan fingerprint density at radius 2 is 2.00 bits per heavy atom. The smallest absolute Gasteiger partial charge is 0.243 e. The fourth-order valence-electron chi connectivity index (χ4n) is 3.26. The van der Waals surface area contributed by atoms with Gasteiger partial charge in [-0.15, -0.1) is 0 Å². The van der Waals surface area contributed by atoms with Crippen molar-refractivity contribution in [3.05, 3.63) is 35.4 Å². The minimum absolute atomic E-state index is 0.0108. The van der Waals surface area contributed by atoms with Gasteiger partial charge in [0.2, 0.25) is 5.91 Å². The number of piperazine rings is 1. The number of ether oxygens (including phenoxy) is 1. The van der Waals surface area contributed by atoms with Gasteiger partial charge in [-0.25, -0.2) is 4.99 Å². The van der Waals surface area contributed by atoms with E-state index in [2.05, 4.69) is 51.3 Å². The molecule has 1 heterocycles. The second-order valence-corrected chi connectivity index (χ2v) is 7.66. The van der Waals surface area contributed by atoms with E-state index in [0.29, 0.717) is 0 Å². The normalized spacial score (nSPS) is 15.4. The maximum atomic E-state index is 12.0. The van der Waals surface area contributed by atoms with Crippen molar-refractivity contribution < 1.29 is 9.53 Å². The molecule has 1 aliphatic rings. The number of aryl methyl sites for hydroxylation is 1. The molecule has 0 aliphatic carbocycles. The molecule has 0 saturated carbocycles. The van der Waals surface area contributed by atoms with Crippen molar-refractivity contribution in [3.63, 3.8) is 0 Å². The summed E-state index contributed by atoms with van der Waals surface area (Å²) in [5, 5.41) is 3.42. The van der Waals surface area contributed by atoms with Crippen LogP contribution in [0.4, 0.5) is 0 Å². The third-order valence-electron chi connectivity index (χ3n) is 4.98. The Balaban J connectivity index is 1.89. The summed E-state index contributed by atoms with van der Waals surface area (Å²) < 4.78 is 5.41. The molecule has 2 rings (SSSR count). The topological polar surface area (TPSA) is 60.4 Å². The zero-order valence-corrected chi connectivity index (χ0v) is 18.5. The summed E-state index contributed by atoms with van der Waals surface area (Å²) in [5.41, 5.74) is 2.66. The summed E-state index contributed by atoms with van der Waals surface area (Å²) in [4.78, 5) is 22.9. The highest BCUT2D eigenvalue weighted by Gasteiger charge is 2.20. The minimum atomic E-state index is 0.0108. The third kappa shape index (κ3) is 8.41. The second kappa shape index (κ2) is 12.4. The van der Waals surface area contributed by atoms with Crippen LogP contribution in [0.5, 0.6) is 0 Å². The van der Waals surface area contributed by atoms with Gasteiger partial charge in [0.1, 0.15) is 6.54 Å². The number of amides is 1. The van der Waals surface area contributed by atoms with Crippen LogP contribution in [0.25, 0.3) is 0 Å². The molecule has 7 heteroatoms. The number of likely N-dealkylation sites (N-methyl/N-ethyl adjacent to an activating group) is 1. The number of carbonyl (C=O) groups excluding carboxylic acids is 1. The molecule has 1 aromatic rings. The lowest BCUT2D eigenvalue weighted by molar-refractivity contribution is -0.127. The zero-order valence-electron chi connectivity index (χ0n) is 18.5. The highest BCUT2D eigenvalue weighted by molar-refractivity contribution is 5.84. The molecule has 0 bridgehead atoms. The SMILES string of the molecule is CCOCCCNC(=NCC(=O)N(C)C)N1CCN(Cc2cccc(C)c2)CC1. The van der Waals surface area contributed by atoms with E-state index < -0.39 is 0 Å². The predicted molar refractivity (Wildman–Crippen MR) is 118 cm³/mol. The first-order valence-electron chi connectivity index (χ1n) is 10.6. The first kappa shape index (κ1) is 23.2. The molecule has 1 aromatic carbocycles.